The van der Waals surface area contributed by atoms with Crippen LogP contribution in [0.3, 0.4) is 0 Å². The summed E-state index contributed by atoms with van der Waals surface area (Å²) in [7, 11) is 1.22. The first-order valence-corrected chi connectivity index (χ1v) is 4.49. The van der Waals surface area contributed by atoms with Gasteiger partial charge in [0.15, 0.2) is 0 Å². The molecular weight excluding hydrogens is 211 g/mol. The van der Waals surface area contributed by atoms with Crippen LogP contribution in [-0.2, 0) is 9.53 Å². The molecule has 1 aromatic carbocycles. The van der Waals surface area contributed by atoms with Gasteiger partial charge in [-0.05, 0) is 18.2 Å². The molecule has 0 aliphatic rings. The van der Waals surface area contributed by atoms with Crippen LogP contribution in [0.2, 0.25) is 0 Å². The molecular formula is C12H9FO3. The molecule has 0 spiro atoms. The molecule has 0 bridgehead atoms. The molecule has 1 rings (SSSR count). The lowest BCUT2D eigenvalue weighted by Crippen LogP contribution is -2.02. The lowest BCUT2D eigenvalue weighted by atomic mass is 10.1. The summed E-state index contributed by atoms with van der Waals surface area (Å²) in [6.45, 7) is 0. The van der Waals surface area contributed by atoms with Gasteiger partial charge in [0, 0.05) is 0 Å². The Morgan fingerprint density at radius 1 is 1.56 bits per heavy atom. The van der Waals surface area contributed by atoms with Gasteiger partial charge in [-0.3, -0.25) is 0 Å². The van der Waals surface area contributed by atoms with Gasteiger partial charge in [-0.2, -0.15) is 0 Å². The minimum atomic E-state index is -0.610. The number of carbonyl (C=O) groups is 2. The zero-order valence-electron chi connectivity index (χ0n) is 8.62. The monoisotopic (exact) mass is 220 g/mol. The molecule has 0 aliphatic carbocycles. The zero-order valence-corrected chi connectivity index (χ0v) is 8.62. The molecule has 3 nitrogen and oxygen atoms in total. The van der Waals surface area contributed by atoms with Crippen molar-refractivity contribution in [1.82, 2.24) is 0 Å². The van der Waals surface area contributed by atoms with Gasteiger partial charge in [-0.25, -0.2) is 9.18 Å². The van der Waals surface area contributed by atoms with Crippen molar-refractivity contribution >= 4 is 12.3 Å². The van der Waals surface area contributed by atoms with Gasteiger partial charge < -0.3 is 9.53 Å². The Bertz CT molecular complexity index is 469. The van der Waals surface area contributed by atoms with Crippen LogP contribution in [0.5, 0.6) is 0 Å². The largest absolute Gasteiger partial charge is 0.465 e. The van der Waals surface area contributed by atoms with Crippen molar-refractivity contribution in [3.63, 3.8) is 0 Å². The van der Waals surface area contributed by atoms with Crippen LogP contribution in [0.15, 0.2) is 18.2 Å². The van der Waals surface area contributed by atoms with E-state index in [9.17, 15) is 14.0 Å². The number of hydrogen-bond acceptors (Lipinski definition) is 3. The molecule has 0 N–H and O–H groups in total. The summed E-state index contributed by atoms with van der Waals surface area (Å²) in [6, 6.07) is 3.84. The predicted molar refractivity (Wildman–Crippen MR) is 55.3 cm³/mol. The zero-order chi connectivity index (χ0) is 12.0. The second-order valence-corrected chi connectivity index (χ2v) is 2.86. The van der Waals surface area contributed by atoms with Crippen LogP contribution in [0, 0.1) is 17.7 Å². The van der Waals surface area contributed by atoms with E-state index < -0.39 is 11.8 Å². The summed E-state index contributed by atoms with van der Waals surface area (Å²) in [6.07, 6.45) is 0.686. The summed E-state index contributed by atoms with van der Waals surface area (Å²) >= 11 is 0. The number of benzene rings is 1. The topological polar surface area (TPSA) is 43.4 Å². The van der Waals surface area contributed by atoms with E-state index in [1.165, 1.54) is 19.2 Å². The number of hydrogen-bond donors (Lipinski definition) is 0. The van der Waals surface area contributed by atoms with Crippen LogP contribution in [-0.4, -0.2) is 19.4 Å². The molecule has 4 heteroatoms. The maximum absolute atomic E-state index is 13.4. The fourth-order valence-corrected chi connectivity index (χ4v) is 1.05. The molecule has 0 saturated heterocycles. The van der Waals surface area contributed by atoms with Gasteiger partial charge in [-0.15, -0.1) is 0 Å². The molecule has 82 valence electrons. The first kappa shape index (κ1) is 11.9. The van der Waals surface area contributed by atoms with E-state index in [-0.39, 0.29) is 17.5 Å². The molecule has 0 aliphatic heterocycles. The van der Waals surface area contributed by atoms with Crippen molar-refractivity contribution in [3.8, 4) is 11.8 Å². The van der Waals surface area contributed by atoms with E-state index >= 15 is 0 Å². The smallest absolute Gasteiger partial charge is 0.337 e. The van der Waals surface area contributed by atoms with Crippen molar-refractivity contribution in [3.05, 3.63) is 35.1 Å². The van der Waals surface area contributed by atoms with Gasteiger partial charge in [-0.1, -0.05) is 11.8 Å². The number of aldehydes is 1. The van der Waals surface area contributed by atoms with Gasteiger partial charge in [0.25, 0.3) is 0 Å². The first-order valence-electron chi connectivity index (χ1n) is 4.49. The van der Waals surface area contributed by atoms with Gasteiger partial charge in [0.05, 0.1) is 24.7 Å². The molecule has 1 aromatic rings. The number of esters is 1. The molecule has 0 saturated carbocycles. The minimum Gasteiger partial charge on any atom is -0.465 e. The maximum Gasteiger partial charge on any atom is 0.337 e. The Morgan fingerprint density at radius 3 is 2.88 bits per heavy atom. The lowest BCUT2D eigenvalue weighted by molar-refractivity contribution is -0.107. The summed E-state index contributed by atoms with van der Waals surface area (Å²) < 4.78 is 17.8. The van der Waals surface area contributed by atoms with Gasteiger partial charge >= 0.3 is 5.97 Å². The fraction of sp³-hybridized carbons (Fsp3) is 0.167. The molecule has 16 heavy (non-hydrogen) atoms. The maximum atomic E-state index is 13.4. The average molecular weight is 220 g/mol. The Morgan fingerprint density at radius 2 is 2.31 bits per heavy atom. The van der Waals surface area contributed by atoms with Crippen molar-refractivity contribution in [1.29, 1.82) is 0 Å². The van der Waals surface area contributed by atoms with E-state index in [1.807, 2.05) is 0 Å². The van der Waals surface area contributed by atoms with E-state index in [0.29, 0.717) is 6.29 Å². The third-order valence-corrected chi connectivity index (χ3v) is 1.80. The van der Waals surface area contributed by atoms with Gasteiger partial charge in [0.2, 0.25) is 0 Å². The Hall–Kier alpha value is -2.15. The Kier molecular flexibility index (Phi) is 4.22. The van der Waals surface area contributed by atoms with Crippen molar-refractivity contribution in [2.24, 2.45) is 0 Å². The van der Waals surface area contributed by atoms with Crippen LogP contribution in [0.25, 0.3) is 0 Å². The summed E-state index contributed by atoms with van der Waals surface area (Å²) in [5.41, 5.74) is 0.274. The van der Waals surface area contributed by atoms with Crippen molar-refractivity contribution in [2.75, 3.05) is 7.11 Å². The second kappa shape index (κ2) is 5.66. The van der Waals surface area contributed by atoms with E-state index in [1.54, 1.807) is 0 Å². The normalized spacial score (nSPS) is 8.88. The molecule has 0 fully saturated rings. The fourth-order valence-electron chi connectivity index (χ4n) is 1.05. The summed E-state index contributed by atoms with van der Waals surface area (Å²) in [4.78, 5) is 21.1. The highest BCUT2D eigenvalue weighted by Crippen LogP contribution is 2.10. The van der Waals surface area contributed by atoms with Crippen molar-refractivity contribution in [2.45, 2.75) is 6.42 Å². The highest BCUT2D eigenvalue weighted by atomic mass is 19.1. The third-order valence-electron chi connectivity index (χ3n) is 1.80. The summed E-state index contributed by atoms with van der Waals surface area (Å²) in [5.74, 6) is 3.76. The third kappa shape index (κ3) is 2.92. The quantitative estimate of drug-likeness (QED) is 0.431. The predicted octanol–water partition coefficient (Wildman–Crippen LogP) is 1.55. The van der Waals surface area contributed by atoms with Crippen LogP contribution in [0.1, 0.15) is 22.3 Å². The number of ether oxygens (including phenoxy) is 1. The highest BCUT2D eigenvalue weighted by molar-refractivity contribution is 5.89. The van der Waals surface area contributed by atoms with E-state index in [4.69, 9.17) is 0 Å². The Balaban J connectivity index is 2.97. The molecule has 0 heterocycles. The second-order valence-electron chi connectivity index (χ2n) is 2.86. The van der Waals surface area contributed by atoms with E-state index in [2.05, 4.69) is 16.6 Å². The highest BCUT2D eigenvalue weighted by Gasteiger charge is 2.08. The molecule has 0 amide bonds. The first-order chi connectivity index (χ1) is 7.69. The van der Waals surface area contributed by atoms with Crippen LogP contribution in [0.4, 0.5) is 4.39 Å². The molecule has 0 atom stereocenters. The SMILES string of the molecule is COC(=O)c1ccc(C#CCC=O)c(F)c1. The molecule has 0 radical (unpaired) electrons. The van der Waals surface area contributed by atoms with E-state index in [0.717, 1.165) is 6.07 Å². The minimum absolute atomic E-state index is 0.0538. The van der Waals surface area contributed by atoms with Crippen molar-refractivity contribution < 1.29 is 18.7 Å². The van der Waals surface area contributed by atoms with Gasteiger partial charge in [0.1, 0.15) is 12.1 Å². The van der Waals surface area contributed by atoms with Crippen LogP contribution >= 0.6 is 0 Å². The Labute approximate surface area is 92.2 Å². The molecule has 0 unspecified atom stereocenters. The number of carbonyl (C=O) groups excluding carboxylic acids is 2. The number of methoxy groups -OCH3 is 1. The summed E-state index contributed by atoms with van der Waals surface area (Å²) in [5, 5.41) is 0. The molecule has 0 aromatic heterocycles. The number of rotatable bonds is 2. The standard InChI is InChI=1S/C12H9FO3/c1-16-12(15)10-6-5-9(11(13)8-10)4-2-3-7-14/h5-8H,3H2,1H3. The lowest BCUT2D eigenvalue weighted by Gasteiger charge is -2.00. The average Bonchev–Trinajstić information content (AvgIpc) is 2.30. The van der Waals surface area contributed by atoms with Crippen LogP contribution < -0.4 is 0 Å². The number of halogens is 1.